The fourth-order valence-electron chi connectivity index (χ4n) is 2.30. The SMILES string of the molecule is CC(C)C1(O)CN(Cc2cc(Cl)ccc2[N+](=O)[O-])C1. The molecule has 5 nitrogen and oxygen atoms in total. The van der Waals surface area contributed by atoms with E-state index in [1.165, 1.54) is 12.1 Å². The zero-order chi connectivity index (χ0) is 14.2. The molecule has 1 aliphatic rings. The van der Waals surface area contributed by atoms with E-state index in [4.69, 9.17) is 11.6 Å². The molecule has 1 fully saturated rings. The summed E-state index contributed by atoms with van der Waals surface area (Å²) < 4.78 is 0. The fraction of sp³-hybridized carbons (Fsp3) is 0.538. The van der Waals surface area contributed by atoms with Gasteiger partial charge >= 0.3 is 0 Å². The van der Waals surface area contributed by atoms with Crippen molar-refractivity contribution in [2.24, 2.45) is 5.92 Å². The van der Waals surface area contributed by atoms with Crippen LogP contribution in [-0.4, -0.2) is 33.6 Å². The lowest BCUT2D eigenvalue weighted by Crippen LogP contribution is -2.63. The molecule has 0 atom stereocenters. The van der Waals surface area contributed by atoms with Crippen LogP contribution in [0.5, 0.6) is 0 Å². The monoisotopic (exact) mass is 284 g/mol. The molecule has 19 heavy (non-hydrogen) atoms. The molecular weight excluding hydrogens is 268 g/mol. The van der Waals surface area contributed by atoms with Crippen LogP contribution in [0.4, 0.5) is 5.69 Å². The Kier molecular flexibility index (Phi) is 3.80. The van der Waals surface area contributed by atoms with Gasteiger partial charge in [0.05, 0.1) is 10.5 Å². The van der Waals surface area contributed by atoms with Gasteiger partial charge in [-0.05, 0) is 18.1 Å². The highest BCUT2D eigenvalue weighted by molar-refractivity contribution is 6.30. The van der Waals surface area contributed by atoms with Crippen LogP contribution in [0.15, 0.2) is 18.2 Å². The van der Waals surface area contributed by atoms with Crippen LogP contribution >= 0.6 is 11.6 Å². The zero-order valence-electron chi connectivity index (χ0n) is 11.0. The molecule has 6 heteroatoms. The number of aliphatic hydroxyl groups is 1. The van der Waals surface area contributed by atoms with E-state index < -0.39 is 10.5 Å². The van der Waals surface area contributed by atoms with E-state index in [0.29, 0.717) is 30.2 Å². The molecule has 2 rings (SSSR count). The van der Waals surface area contributed by atoms with Crippen molar-refractivity contribution in [3.05, 3.63) is 38.9 Å². The summed E-state index contributed by atoms with van der Waals surface area (Å²) in [4.78, 5) is 12.5. The molecule has 0 bridgehead atoms. The predicted octanol–water partition coefficient (Wildman–Crippen LogP) is 2.45. The summed E-state index contributed by atoms with van der Waals surface area (Å²) in [6.45, 7) is 5.45. The second kappa shape index (κ2) is 5.07. The van der Waals surface area contributed by atoms with E-state index in [1.807, 2.05) is 18.7 Å². The lowest BCUT2D eigenvalue weighted by Gasteiger charge is -2.49. The van der Waals surface area contributed by atoms with E-state index in [1.54, 1.807) is 6.07 Å². The molecule has 1 heterocycles. The second-order valence-electron chi connectivity index (χ2n) is 5.43. The standard InChI is InChI=1S/C13H17ClN2O3/c1-9(2)13(17)7-15(8-13)6-10-5-11(14)3-4-12(10)16(18)19/h3-5,9,17H,6-8H2,1-2H3. The smallest absolute Gasteiger partial charge is 0.273 e. The number of hydrogen-bond donors (Lipinski definition) is 1. The molecule has 0 radical (unpaired) electrons. The number of β-amino-alcohol motifs (C(OH)–C–C–N with tert-alkyl or cyclic N) is 1. The lowest BCUT2D eigenvalue weighted by molar-refractivity contribution is -0.385. The van der Waals surface area contributed by atoms with Gasteiger partial charge < -0.3 is 5.11 Å². The van der Waals surface area contributed by atoms with Gasteiger partial charge in [-0.25, -0.2) is 0 Å². The van der Waals surface area contributed by atoms with Crippen molar-refractivity contribution in [1.82, 2.24) is 4.90 Å². The van der Waals surface area contributed by atoms with Gasteiger partial charge in [0.15, 0.2) is 0 Å². The Balaban J connectivity index is 2.09. The van der Waals surface area contributed by atoms with E-state index in [-0.39, 0.29) is 11.6 Å². The normalized spacial score (nSPS) is 18.4. The topological polar surface area (TPSA) is 66.6 Å². The third-order valence-electron chi connectivity index (χ3n) is 3.70. The van der Waals surface area contributed by atoms with Crippen LogP contribution in [0.2, 0.25) is 5.02 Å². The molecular formula is C13H17ClN2O3. The Morgan fingerprint density at radius 1 is 1.53 bits per heavy atom. The Morgan fingerprint density at radius 3 is 2.68 bits per heavy atom. The largest absolute Gasteiger partial charge is 0.387 e. The van der Waals surface area contributed by atoms with Crippen LogP contribution in [0.25, 0.3) is 0 Å². The van der Waals surface area contributed by atoms with Gasteiger partial charge in [0.1, 0.15) is 0 Å². The van der Waals surface area contributed by atoms with Crippen molar-refractivity contribution in [2.45, 2.75) is 26.0 Å². The first-order valence-electron chi connectivity index (χ1n) is 6.19. The number of nitro benzene ring substituents is 1. The number of nitrogens with zero attached hydrogens (tertiary/aromatic N) is 2. The zero-order valence-corrected chi connectivity index (χ0v) is 11.7. The van der Waals surface area contributed by atoms with Gasteiger partial charge in [-0.3, -0.25) is 15.0 Å². The van der Waals surface area contributed by atoms with Crippen molar-refractivity contribution >= 4 is 17.3 Å². The Morgan fingerprint density at radius 2 is 2.16 bits per heavy atom. The van der Waals surface area contributed by atoms with Crippen molar-refractivity contribution < 1.29 is 10.0 Å². The number of hydrogen-bond acceptors (Lipinski definition) is 4. The summed E-state index contributed by atoms with van der Waals surface area (Å²) in [5, 5.41) is 21.6. The lowest BCUT2D eigenvalue weighted by atomic mass is 9.83. The predicted molar refractivity (Wildman–Crippen MR) is 73.2 cm³/mol. The summed E-state index contributed by atoms with van der Waals surface area (Å²) in [6.07, 6.45) is 0. The molecule has 0 unspecified atom stereocenters. The summed E-state index contributed by atoms with van der Waals surface area (Å²) >= 11 is 5.88. The molecule has 104 valence electrons. The van der Waals surface area contributed by atoms with Crippen LogP contribution < -0.4 is 0 Å². The number of likely N-dealkylation sites (tertiary alicyclic amines) is 1. The first kappa shape index (κ1) is 14.2. The maximum absolute atomic E-state index is 11.0. The van der Waals surface area contributed by atoms with Crippen LogP contribution in [0, 0.1) is 16.0 Å². The molecule has 1 saturated heterocycles. The quantitative estimate of drug-likeness (QED) is 0.681. The van der Waals surface area contributed by atoms with Crippen molar-refractivity contribution in [3.8, 4) is 0 Å². The number of rotatable bonds is 4. The summed E-state index contributed by atoms with van der Waals surface area (Å²) in [7, 11) is 0. The Hall–Kier alpha value is -1.17. The highest BCUT2D eigenvalue weighted by Crippen LogP contribution is 2.32. The maximum Gasteiger partial charge on any atom is 0.273 e. The van der Waals surface area contributed by atoms with Gasteiger partial charge in [-0.2, -0.15) is 0 Å². The average molecular weight is 285 g/mol. The highest BCUT2D eigenvalue weighted by Gasteiger charge is 2.43. The first-order chi connectivity index (χ1) is 8.82. The molecule has 1 N–H and O–H groups in total. The third kappa shape index (κ3) is 2.88. The van der Waals surface area contributed by atoms with Crippen molar-refractivity contribution in [1.29, 1.82) is 0 Å². The molecule has 0 saturated carbocycles. The van der Waals surface area contributed by atoms with Crippen LogP contribution in [-0.2, 0) is 6.54 Å². The molecule has 1 aliphatic heterocycles. The molecule has 1 aromatic carbocycles. The molecule has 0 aromatic heterocycles. The molecule has 0 spiro atoms. The minimum atomic E-state index is -0.673. The fourth-order valence-corrected chi connectivity index (χ4v) is 2.50. The first-order valence-corrected chi connectivity index (χ1v) is 6.57. The highest BCUT2D eigenvalue weighted by atomic mass is 35.5. The van der Waals surface area contributed by atoms with E-state index in [0.717, 1.165) is 0 Å². The van der Waals surface area contributed by atoms with E-state index in [2.05, 4.69) is 0 Å². The van der Waals surface area contributed by atoms with E-state index in [9.17, 15) is 15.2 Å². The molecule has 0 amide bonds. The number of benzene rings is 1. The number of halogens is 1. The Labute approximate surface area is 116 Å². The van der Waals surface area contributed by atoms with Crippen molar-refractivity contribution in [3.63, 3.8) is 0 Å². The minimum absolute atomic E-state index is 0.0735. The second-order valence-corrected chi connectivity index (χ2v) is 5.87. The molecule has 1 aromatic rings. The van der Waals surface area contributed by atoms with Crippen molar-refractivity contribution in [2.75, 3.05) is 13.1 Å². The summed E-state index contributed by atoms with van der Waals surface area (Å²) in [6, 6.07) is 4.56. The van der Waals surface area contributed by atoms with Gasteiger partial charge in [-0.1, -0.05) is 25.4 Å². The summed E-state index contributed by atoms with van der Waals surface area (Å²) in [5.41, 5.74) is -0.0134. The maximum atomic E-state index is 11.0. The number of nitro groups is 1. The summed E-state index contributed by atoms with van der Waals surface area (Å²) in [5.74, 6) is 0.179. The van der Waals surface area contributed by atoms with E-state index >= 15 is 0 Å². The van der Waals surface area contributed by atoms with Gasteiger partial charge in [0, 0.05) is 36.3 Å². The minimum Gasteiger partial charge on any atom is -0.387 e. The third-order valence-corrected chi connectivity index (χ3v) is 3.94. The van der Waals surface area contributed by atoms with Gasteiger partial charge in [-0.15, -0.1) is 0 Å². The van der Waals surface area contributed by atoms with Crippen LogP contribution in [0.3, 0.4) is 0 Å². The van der Waals surface area contributed by atoms with Gasteiger partial charge in [0.2, 0.25) is 0 Å². The van der Waals surface area contributed by atoms with Gasteiger partial charge in [0.25, 0.3) is 5.69 Å². The average Bonchev–Trinajstić information content (AvgIpc) is 2.26. The molecule has 0 aliphatic carbocycles. The van der Waals surface area contributed by atoms with Crippen LogP contribution in [0.1, 0.15) is 19.4 Å². The Bertz CT molecular complexity index is 499.